The quantitative estimate of drug-likeness (QED) is 0.252. The van der Waals surface area contributed by atoms with Crippen LogP contribution in [0.1, 0.15) is 91.9 Å². The zero-order chi connectivity index (χ0) is 26.1. The Balaban J connectivity index is 1.43. The molecule has 5 rings (SSSR count). The lowest BCUT2D eigenvalue weighted by Crippen LogP contribution is -2.56. The van der Waals surface area contributed by atoms with Crippen LogP contribution in [0.3, 0.4) is 0 Å². The number of carbonyl (C=O) groups excluding carboxylic acids is 2. The summed E-state index contributed by atoms with van der Waals surface area (Å²) in [6.45, 7) is 13.9. The van der Waals surface area contributed by atoms with Gasteiger partial charge in [0.15, 0.2) is 0 Å². The highest BCUT2D eigenvalue weighted by atomic mass is 16.6. The topological polar surface area (TPSA) is 72.8 Å². The standard InChI is InChI=1S/C31H46O5/c1-19(17-32)8-7-9-20(2)22-10-12-29(5)24-16-23-26(21(3)27(34)36-23)31(13-11-25(33)35-6)18-30(24,31)15-14-28(22,29)4/h8,20,22-24,26,32H,3,7,9-18H2,1-2,4-6H3/b19-8+/t20-,22-,23-,24+,26-,28-,29+,30+,31-/m1/s1. The molecule has 1 saturated heterocycles. The van der Waals surface area contributed by atoms with Gasteiger partial charge >= 0.3 is 11.9 Å². The van der Waals surface area contributed by atoms with Gasteiger partial charge in [0.1, 0.15) is 6.10 Å². The predicted octanol–water partition coefficient (Wildman–Crippen LogP) is 6.01. The number of aliphatic hydroxyl groups excluding tert-OH is 1. The number of fused-ring (bicyclic) bond motifs is 4. The summed E-state index contributed by atoms with van der Waals surface area (Å²) < 4.78 is 11.0. The summed E-state index contributed by atoms with van der Waals surface area (Å²) in [5.74, 6) is 1.50. The average Bonchev–Trinajstić information content (AvgIpc) is 3.31. The Bertz CT molecular complexity index is 983. The van der Waals surface area contributed by atoms with Crippen molar-refractivity contribution in [3.63, 3.8) is 0 Å². The van der Waals surface area contributed by atoms with Crippen LogP contribution in [0.15, 0.2) is 23.8 Å². The van der Waals surface area contributed by atoms with Crippen LogP contribution in [0.5, 0.6) is 0 Å². The van der Waals surface area contributed by atoms with Gasteiger partial charge in [0.25, 0.3) is 0 Å². The van der Waals surface area contributed by atoms with E-state index in [0.717, 1.165) is 37.7 Å². The summed E-state index contributed by atoms with van der Waals surface area (Å²) in [6.07, 6.45) is 12.4. The Morgan fingerprint density at radius 3 is 2.72 bits per heavy atom. The maximum atomic E-state index is 12.7. The van der Waals surface area contributed by atoms with Gasteiger partial charge in [0.05, 0.1) is 13.7 Å². The van der Waals surface area contributed by atoms with Crippen LogP contribution in [0.2, 0.25) is 0 Å². The molecule has 1 N–H and O–H groups in total. The molecule has 5 aliphatic rings. The Morgan fingerprint density at radius 2 is 2.03 bits per heavy atom. The highest BCUT2D eigenvalue weighted by Crippen LogP contribution is 2.88. The fourth-order valence-corrected chi connectivity index (χ4v) is 10.5. The minimum absolute atomic E-state index is 0.0523. The number of esters is 2. The van der Waals surface area contributed by atoms with E-state index in [9.17, 15) is 14.7 Å². The first kappa shape index (κ1) is 26.0. The Hall–Kier alpha value is -1.62. The molecule has 200 valence electrons. The molecule has 1 aliphatic heterocycles. The van der Waals surface area contributed by atoms with E-state index >= 15 is 0 Å². The van der Waals surface area contributed by atoms with Crippen molar-refractivity contribution in [3.05, 3.63) is 23.8 Å². The van der Waals surface area contributed by atoms with Crippen LogP contribution in [0.4, 0.5) is 0 Å². The molecule has 5 fully saturated rings. The Morgan fingerprint density at radius 1 is 1.28 bits per heavy atom. The van der Waals surface area contributed by atoms with Crippen molar-refractivity contribution in [3.8, 4) is 0 Å². The van der Waals surface area contributed by atoms with Gasteiger partial charge in [-0.1, -0.05) is 39.0 Å². The molecule has 4 aliphatic carbocycles. The first-order valence-electron chi connectivity index (χ1n) is 14.2. The van der Waals surface area contributed by atoms with Crippen LogP contribution >= 0.6 is 0 Å². The lowest BCUT2D eigenvalue weighted by molar-refractivity contribution is -0.158. The van der Waals surface area contributed by atoms with Gasteiger partial charge in [-0.2, -0.15) is 0 Å². The fraction of sp³-hybridized carbons (Fsp3) is 0.806. The van der Waals surface area contributed by atoms with E-state index in [1.807, 2.05) is 6.92 Å². The highest BCUT2D eigenvalue weighted by molar-refractivity contribution is 5.91. The van der Waals surface area contributed by atoms with Crippen molar-refractivity contribution in [2.24, 2.45) is 45.3 Å². The first-order chi connectivity index (χ1) is 17.0. The number of methoxy groups -OCH3 is 1. The van der Waals surface area contributed by atoms with E-state index < -0.39 is 0 Å². The second-order valence-electron chi connectivity index (χ2n) is 13.5. The molecule has 0 aromatic heterocycles. The molecule has 0 bridgehead atoms. The Labute approximate surface area is 217 Å². The highest BCUT2D eigenvalue weighted by Gasteiger charge is 2.83. The van der Waals surface area contributed by atoms with Crippen molar-refractivity contribution in [2.75, 3.05) is 13.7 Å². The minimum Gasteiger partial charge on any atom is -0.469 e. The van der Waals surface area contributed by atoms with Crippen molar-refractivity contribution >= 4 is 11.9 Å². The molecule has 4 saturated carbocycles. The van der Waals surface area contributed by atoms with E-state index in [1.54, 1.807) is 0 Å². The molecule has 0 amide bonds. The molecule has 0 aromatic rings. The lowest BCUT2D eigenvalue weighted by atomic mass is 9.43. The molecular weight excluding hydrogens is 452 g/mol. The molecule has 1 spiro atoms. The fourth-order valence-electron chi connectivity index (χ4n) is 10.5. The summed E-state index contributed by atoms with van der Waals surface area (Å²) >= 11 is 0. The van der Waals surface area contributed by atoms with Gasteiger partial charge in [-0.3, -0.25) is 4.79 Å². The van der Waals surface area contributed by atoms with Crippen molar-refractivity contribution < 1.29 is 24.2 Å². The number of allylic oxidation sites excluding steroid dienone is 1. The van der Waals surface area contributed by atoms with Crippen LogP contribution in [-0.4, -0.2) is 36.9 Å². The summed E-state index contributed by atoms with van der Waals surface area (Å²) in [7, 11) is 1.46. The summed E-state index contributed by atoms with van der Waals surface area (Å²) in [5, 5.41) is 9.35. The third-order valence-electron chi connectivity index (χ3n) is 12.5. The summed E-state index contributed by atoms with van der Waals surface area (Å²) in [6, 6.07) is 0. The predicted molar refractivity (Wildman–Crippen MR) is 139 cm³/mol. The van der Waals surface area contributed by atoms with Crippen molar-refractivity contribution in [1.82, 2.24) is 0 Å². The molecular formula is C31H46O5. The van der Waals surface area contributed by atoms with E-state index in [4.69, 9.17) is 9.47 Å². The van der Waals surface area contributed by atoms with Crippen LogP contribution in [-0.2, 0) is 19.1 Å². The normalized spacial score (nSPS) is 45.8. The zero-order valence-electron chi connectivity index (χ0n) is 23.0. The number of carbonyl (C=O) groups is 2. The maximum Gasteiger partial charge on any atom is 0.334 e. The zero-order valence-corrected chi connectivity index (χ0v) is 23.0. The molecule has 0 radical (unpaired) electrons. The summed E-state index contributed by atoms with van der Waals surface area (Å²) in [4.78, 5) is 24.9. The van der Waals surface area contributed by atoms with Crippen molar-refractivity contribution in [1.29, 1.82) is 0 Å². The number of aliphatic hydroxyl groups is 1. The van der Waals surface area contributed by atoms with Gasteiger partial charge in [0.2, 0.25) is 0 Å². The van der Waals surface area contributed by atoms with Crippen molar-refractivity contribution in [2.45, 2.75) is 98.0 Å². The third kappa shape index (κ3) is 3.36. The lowest BCUT2D eigenvalue weighted by Gasteiger charge is -2.61. The molecule has 0 aromatic carbocycles. The largest absolute Gasteiger partial charge is 0.469 e. The molecule has 36 heavy (non-hydrogen) atoms. The average molecular weight is 499 g/mol. The van der Waals surface area contributed by atoms with Gasteiger partial charge < -0.3 is 14.6 Å². The van der Waals surface area contributed by atoms with E-state index in [2.05, 4.69) is 33.4 Å². The van der Waals surface area contributed by atoms with Crippen LogP contribution in [0, 0.1) is 45.3 Å². The Kier molecular flexibility index (Phi) is 6.29. The second kappa shape index (κ2) is 8.71. The molecule has 5 nitrogen and oxygen atoms in total. The number of hydrogen-bond acceptors (Lipinski definition) is 5. The van der Waals surface area contributed by atoms with E-state index in [1.165, 1.54) is 32.8 Å². The number of rotatable bonds is 8. The van der Waals surface area contributed by atoms with Gasteiger partial charge in [0, 0.05) is 17.9 Å². The SMILES string of the molecule is C=C1C(=O)O[C@@H]2C[C@@H]3[C@]4(CC[C@]5(C)[C@@H]([C@H](C)CC/C=C(\C)CO)CC[C@@]35C)C[C@]4(CCC(=O)OC)[C@H]12. The number of hydrogen-bond donors (Lipinski definition) is 1. The van der Waals surface area contributed by atoms with Gasteiger partial charge in [-0.15, -0.1) is 0 Å². The van der Waals surface area contributed by atoms with Gasteiger partial charge in [-0.25, -0.2) is 4.79 Å². The van der Waals surface area contributed by atoms with Gasteiger partial charge in [-0.05, 0) is 104 Å². The molecule has 9 atom stereocenters. The summed E-state index contributed by atoms with van der Waals surface area (Å²) in [5.41, 5.74) is 2.30. The maximum absolute atomic E-state index is 12.7. The third-order valence-corrected chi connectivity index (χ3v) is 12.5. The monoisotopic (exact) mass is 498 g/mol. The second-order valence-corrected chi connectivity index (χ2v) is 13.5. The molecule has 1 heterocycles. The smallest absolute Gasteiger partial charge is 0.334 e. The van der Waals surface area contributed by atoms with Crippen LogP contribution in [0.25, 0.3) is 0 Å². The van der Waals surface area contributed by atoms with E-state index in [-0.39, 0.29) is 52.2 Å². The van der Waals surface area contributed by atoms with Crippen LogP contribution < -0.4 is 0 Å². The molecule has 0 unspecified atom stereocenters. The first-order valence-corrected chi connectivity index (χ1v) is 14.2. The molecule has 5 heteroatoms. The van der Waals surface area contributed by atoms with E-state index in [0.29, 0.717) is 29.7 Å². The number of ether oxygens (including phenoxy) is 2. The minimum atomic E-state index is -0.222.